The molecule has 0 spiro atoms. The van der Waals surface area contributed by atoms with Gasteiger partial charge in [0.15, 0.2) is 11.8 Å². The Morgan fingerprint density at radius 3 is 2.96 bits per heavy atom. The van der Waals surface area contributed by atoms with Gasteiger partial charge in [0.1, 0.15) is 0 Å². The lowest BCUT2D eigenvalue weighted by molar-refractivity contribution is 0.701. The van der Waals surface area contributed by atoms with Gasteiger partial charge in [-0.15, -0.1) is 0 Å². The van der Waals surface area contributed by atoms with Gasteiger partial charge >= 0.3 is 0 Å². The third kappa shape index (κ3) is 4.92. The standard InChI is InChI=1S/C19H24N6S/c1-3-20-19(22-12-15(2)17-6-10-26-14-17)23-13-16-5-8-21-18(11-16)25-9-4-7-24-25/h4-11,14-15H,3,12-13H2,1-2H3,(H2,20,22,23). The van der Waals surface area contributed by atoms with Crippen molar-refractivity contribution in [3.63, 3.8) is 0 Å². The van der Waals surface area contributed by atoms with Crippen LogP contribution in [0.3, 0.4) is 0 Å². The van der Waals surface area contributed by atoms with Crippen LogP contribution < -0.4 is 10.6 Å². The molecular weight excluding hydrogens is 344 g/mol. The van der Waals surface area contributed by atoms with Gasteiger partial charge in [-0.05, 0) is 59.0 Å². The SMILES string of the molecule is CCNC(=NCc1ccnc(-n2cccn2)c1)NCC(C)c1ccsc1. The molecule has 26 heavy (non-hydrogen) atoms. The quantitative estimate of drug-likeness (QED) is 0.496. The zero-order valence-electron chi connectivity index (χ0n) is 15.1. The van der Waals surface area contributed by atoms with E-state index in [9.17, 15) is 0 Å². The minimum Gasteiger partial charge on any atom is -0.357 e. The molecule has 0 amide bonds. The predicted octanol–water partition coefficient (Wildman–Crippen LogP) is 3.19. The van der Waals surface area contributed by atoms with Gasteiger partial charge in [-0.1, -0.05) is 6.92 Å². The summed E-state index contributed by atoms with van der Waals surface area (Å²) in [6.07, 6.45) is 5.42. The molecule has 0 aliphatic heterocycles. The average Bonchev–Trinajstić information content (AvgIpc) is 3.38. The highest BCUT2D eigenvalue weighted by atomic mass is 32.1. The van der Waals surface area contributed by atoms with Crippen LogP contribution in [-0.4, -0.2) is 33.8 Å². The number of aromatic nitrogens is 3. The highest BCUT2D eigenvalue weighted by Gasteiger charge is 2.07. The molecule has 0 fully saturated rings. The van der Waals surface area contributed by atoms with Gasteiger partial charge in [0, 0.05) is 31.7 Å². The molecule has 0 aliphatic rings. The largest absolute Gasteiger partial charge is 0.357 e. The second kappa shape index (κ2) is 9.15. The molecule has 0 radical (unpaired) electrons. The number of aliphatic imine (C=N–C) groups is 1. The summed E-state index contributed by atoms with van der Waals surface area (Å²) in [6, 6.07) is 8.05. The Hall–Kier alpha value is -2.67. The average molecular weight is 369 g/mol. The lowest BCUT2D eigenvalue weighted by Gasteiger charge is -2.15. The Kier molecular flexibility index (Phi) is 6.38. The summed E-state index contributed by atoms with van der Waals surface area (Å²) in [6.45, 7) is 6.55. The molecule has 3 rings (SSSR count). The molecule has 3 heterocycles. The second-order valence-corrected chi connectivity index (χ2v) is 6.79. The van der Waals surface area contributed by atoms with Crippen LogP contribution in [-0.2, 0) is 6.54 Å². The number of hydrogen-bond acceptors (Lipinski definition) is 4. The maximum Gasteiger partial charge on any atom is 0.191 e. The van der Waals surface area contributed by atoms with E-state index in [1.54, 1.807) is 28.4 Å². The summed E-state index contributed by atoms with van der Waals surface area (Å²) in [5, 5.41) is 15.3. The van der Waals surface area contributed by atoms with E-state index in [0.717, 1.165) is 30.4 Å². The predicted molar refractivity (Wildman–Crippen MR) is 107 cm³/mol. The van der Waals surface area contributed by atoms with Crippen LogP contribution in [0.4, 0.5) is 0 Å². The first-order valence-electron chi connectivity index (χ1n) is 8.75. The molecule has 0 aromatic carbocycles. The summed E-state index contributed by atoms with van der Waals surface area (Å²) in [4.78, 5) is 9.05. The van der Waals surface area contributed by atoms with Crippen molar-refractivity contribution in [3.05, 3.63) is 64.7 Å². The summed E-state index contributed by atoms with van der Waals surface area (Å²) in [7, 11) is 0. The molecule has 3 aromatic rings. The number of nitrogens with zero attached hydrogens (tertiary/aromatic N) is 4. The van der Waals surface area contributed by atoms with Crippen molar-refractivity contribution in [1.29, 1.82) is 0 Å². The molecule has 1 atom stereocenters. The third-order valence-corrected chi connectivity index (χ3v) is 4.70. The van der Waals surface area contributed by atoms with Crippen LogP contribution in [0.25, 0.3) is 5.82 Å². The summed E-state index contributed by atoms with van der Waals surface area (Å²) >= 11 is 1.73. The van der Waals surface area contributed by atoms with Crippen LogP contribution in [0, 0.1) is 0 Å². The topological polar surface area (TPSA) is 67.1 Å². The van der Waals surface area contributed by atoms with Crippen molar-refractivity contribution in [2.75, 3.05) is 13.1 Å². The zero-order valence-corrected chi connectivity index (χ0v) is 15.9. The Morgan fingerprint density at radius 2 is 2.23 bits per heavy atom. The van der Waals surface area contributed by atoms with Crippen molar-refractivity contribution in [1.82, 2.24) is 25.4 Å². The maximum absolute atomic E-state index is 4.70. The molecule has 136 valence electrons. The molecule has 0 aliphatic carbocycles. The normalized spacial score (nSPS) is 12.8. The number of guanidine groups is 1. The minimum absolute atomic E-state index is 0.442. The zero-order chi connectivity index (χ0) is 18.2. The third-order valence-electron chi connectivity index (χ3n) is 4.00. The number of thiophene rings is 1. The molecule has 0 bridgehead atoms. The first-order chi connectivity index (χ1) is 12.8. The van der Waals surface area contributed by atoms with Gasteiger partial charge in [-0.2, -0.15) is 16.4 Å². The van der Waals surface area contributed by atoms with E-state index in [-0.39, 0.29) is 0 Å². The summed E-state index contributed by atoms with van der Waals surface area (Å²) in [5.41, 5.74) is 2.45. The first kappa shape index (κ1) is 18.1. The van der Waals surface area contributed by atoms with Crippen molar-refractivity contribution in [2.45, 2.75) is 26.3 Å². The molecule has 2 N–H and O–H groups in total. The van der Waals surface area contributed by atoms with E-state index in [0.29, 0.717) is 12.5 Å². The summed E-state index contributed by atoms with van der Waals surface area (Å²) < 4.78 is 1.75. The van der Waals surface area contributed by atoms with Crippen LogP contribution in [0.2, 0.25) is 0 Å². The highest BCUT2D eigenvalue weighted by Crippen LogP contribution is 2.17. The molecule has 1 unspecified atom stereocenters. The lowest BCUT2D eigenvalue weighted by atomic mass is 10.1. The fraction of sp³-hybridized carbons (Fsp3) is 0.316. The van der Waals surface area contributed by atoms with Gasteiger partial charge in [-0.25, -0.2) is 14.7 Å². The van der Waals surface area contributed by atoms with E-state index in [1.165, 1.54) is 5.56 Å². The van der Waals surface area contributed by atoms with Gasteiger partial charge < -0.3 is 10.6 Å². The van der Waals surface area contributed by atoms with Crippen molar-refractivity contribution in [2.24, 2.45) is 4.99 Å². The second-order valence-electron chi connectivity index (χ2n) is 6.01. The molecule has 6 nitrogen and oxygen atoms in total. The molecule has 0 saturated heterocycles. The van der Waals surface area contributed by atoms with Gasteiger partial charge in [0.05, 0.1) is 6.54 Å². The minimum atomic E-state index is 0.442. The first-order valence-corrected chi connectivity index (χ1v) is 9.69. The maximum atomic E-state index is 4.70. The van der Waals surface area contributed by atoms with Crippen LogP contribution in [0.1, 0.15) is 30.9 Å². The van der Waals surface area contributed by atoms with Crippen LogP contribution >= 0.6 is 11.3 Å². The van der Waals surface area contributed by atoms with Gasteiger partial charge in [-0.3, -0.25) is 0 Å². The van der Waals surface area contributed by atoms with Crippen molar-refractivity contribution in [3.8, 4) is 5.82 Å². The van der Waals surface area contributed by atoms with Crippen molar-refractivity contribution >= 4 is 17.3 Å². The molecule has 3 aromatic heterocycles. The molecular formula is C19H24N6S. The monoisotopic (exact) mass is 368 g/mol. The number of pyridine rings is 1. The van der Waals surface area contributed by atoms with Crippen molar-refractivity contribution < 1.29 is 0 Å². The Bertz CT molecular complexity index is 810. The van der Waals surface area contributed by atoms with Crippen LogP contribution in [0.5, 0.6) is 0 Å². The molecule has 7 heteroatoms. The Labute approximate surface area is 158 Å². The fourth-order valence-electron chi connectivity index (χ4n) is 2.52. The van der Waals surface area contributed by atoms with E-state index in [4.69, 9.17) is 4.99 Å². The lowest BCUT2D eigenvalue weighted by Crippen LogP contribution is -2.39. The number of nitrogens with one attached hydrogen (secondary N) is 2. The highest BCUT2D eigenvalue weighted by molar-refractivity contribution is 7.07. The Morgan fingerprint density at radius 1 is 1.31 bits per heavy atom. The van der Waals surface area contributed by atoms with Gasteiger partial charge in [0.2, 0.25) is 0 Å². The van der Waals surface area contributed by atoms with Crippen LogP contribution in [0.15, 0.2) is 58.6 Å². The van der Waals surface area contributed by atoms with E-state index >= 15 is 0 Å². The van der Waals surface area contributed by atoms with E-state index in [2.05, 4.69) is 51.4 Å². The smallest absolute Gasteiger partial charge is 0.191 e. The fourth-order valence-corrected chi connectivity index (χ4v) is 3.31. The number of hydrogen-bond donors (Lipinski definition) is 2. The Balaban J connectivity index is 1.63. The van der Waals surface area contributed by atoms with Gasteiger partial charge in [0.25, 0.3) is 0 Å². The summed E-state index contributed by atoms with van der Waals surface area (Å²) in [5.74, 6) is 2.07. The molecule has 0 saturated carbocycles. The number of rotatable bonds is 7. The van der Waals surface area contributed by atoms with E-state index < -0.39 is 0 Å². The van der Waals surface area contributed by atoms with E-state index in [1.807, 2.05) is 24.4 Å².